The minimum Gasteiger partial charge on any atom is -0.483 e. The summed E-state index contributed by atoms with van der Waals surface area (Å²) in [5.74, 6) is 0.646. The summed E-state index contributed by atoms with van der Waals surface area (Å²) < 4.78 is 5.75. The van der Waals surface area contributed by atoms with Crippen LogP contribution in [0.25, 0.3) is 0 Å². The molecule has 0 aliphatic carbocycles. The first-order valence-corrected chi connectivity index (χ1v) is 10.9. The molecule has 5 heteroatoms. The number of amides is 1. The van der Waals surface area contributed by atoms with E-state index in [0.29, 0.717) is 6.54 Å². The summed E-state index contributed by atoms with van der Waals surface area (Å²) in [6.45, 7) is 6.65. The van der Waals surface area contributed by atoms with E-state index in [4.69, 9.17) is 16.3 Å². The Hall–Kier alpha value is -2.04. The fourth-order valence-electron chi connectivity index (χ4n) is 3.87. The molecule has 1 aliphatic rings. The van der Waals surface area contributed by atoms with Gasteiger partial charge < -0.3 is 10.1 Å². The van der Waals surface area contributed by atoms with E-state index < -0.39 is 0 Å². The van der Waals surface area contributed by atoms with Gasteiger partial charge >= 0.3 is 0 Å². The monoisotopic (exact) mass is 414 g/mol. The number of likely N-dealkylation sites (tertiary alicyclic amines) is 1. The number of aryl methyl sites for hydroxylation is 1. The Morgan fingerprint density at radius 1 is 1.07 bits per heavy atom. The SMILES string of the molecule is Cc1cccc(OCC(=O)NCC(c2ccccc2Cl)N2CCCCCC2)c1C. The maximum absolute atomic E-state index is 12.5. The molecule has 1 atom stereocenters. The summed E-state index contributed by atoms with van der Waals surface area (Å²) in [6.07, 6.45) is 4.90. The Balaban J connectivity index is 1.63. The molecule has 1 aliphatic heterocycles. The highest BCUT2D eigenvalue weighted by Gasteiger charge is 2.24. The molecule has 4 nitrogen and oxygen atoms in total. The van der Waals surface area contributed by atoms with Crippen LogP contribution in [0.1, 0.15) is 48.4 Å². The van der Waals surface area contributed by atoms with Crippen LogP contribution in [0.4, 0.5) is 0 Å². The summed E-state index contributed by atoms with van der Waals surface area (Å²) in [7, 11) is 0. The zero-order valence-electron chi connectivity index (χ0n) is 17.4. The summed E-state index contributed by atoms with van der Waals surface area (Å²) in [4.78, 5) is 15.0. The van der Waals surface area contributed by atoms with Crippen LogP contribution in [0.3, 0.4) is 0 Å². The van der Waals surface area contributed by atoms with Crippen molar-refractivity contribution >= 4 is 17.5 Å². The Morgan fingerprint density at radius 3 is 2.52 bits per heavy atom. The van der Waals surface area contributed by atoms with Gasteiger partial charge in [-0.2, -0.15) is 0 Å². The molecule has 2 aromatic carbocycles. The van der Waals surface area contributed by atoms with E-state index in [1.54, 1.807) is 0 Å². The lowest BCUT2D eigenvalue weighted by Crippen LogP contribution is -2.40. The fraction of sp³-hybridized carbons (Fsp3) is 0.458. The first-order chi connectivity index (χ1) is 14.1. The lowest BCUT2D eigenvalue weighted by molar-refractivity contribution is -0.123. The number of hydrogen-bond donors (Lipinski definition) is 1. The van der Waals surface area contributed by atoms with Crippen LogP contribution in [0, 0.1) is 13.8 Å². The maximum Gasteiger partial charge on any atom is 0.258 e. The normalized spacial score (nSPS) is 16.1. The van der Waals surface area contributed by atoms with Gasteiger partial charge in [-0.25, -0.2) is 0 Å². The zero-order valence-corrected chi connectivity index (χ0v) is 18.2. The standard InChI is InChI=1S/C24H31ClN2O2/c1-18-10-9-13-23(19(18)2)29-17-24(28)26-16-22(20-11-5-6-12-21(20)25)27-14-7-3-4-8-15-27/h5-6,9-13,22H,3-4,7-8,14-17H2,1-2H3,(H,26,28). The van der Waals surface area contributed by atoms with Gasteiger partial charge in [-0.3, -0.25) is 9.69 Å². The Morgan fingerprint density at radius 2 is 1.79 bits per heavy atom. The minimum atomic E-state index is -0.113. The molecule has 1 unspecified atom stereocenters. The van der Waals surface area contributed by atoms with Gasteiger partial charge in [-0.05, 0) is 68.6 Å². The maximum atomic E-state index is 12.5. The third-order valence-corrected chi connectivity index (χ3v) is 6.10. The molecule has 1 saturated heterocycles. The predicted octanol–water partition coefficient (Wildman–Crippen LogP) is 5.07. The van der Waals surface area contributed by atoms with E-state index >= 15 is 0 Å². The highest BCUT2D eigenvalue weighted by atomic mass is 35.5. The van der Waals surface area contributed by atoms with Crippen molar-refractivity contribution in [2.45, 2.75) is 45.6 Å². The number of rotatable bonds is 7. The third-order valence-electron chi connectivity index (χ3n) is 5.75. The molecule has 0 radical (unpaired) electrons. The van der Waals surface area contributed by atoms with E-state index in [2.05, 4.69) is 16.3 Å². The van der Waals surface area contributed by atoms with E-state index in [0.717, 1.165) is 40.6 Å². The van der Waals surface area contributed by atoms with Crippen LogP contribution in [0.5, 0.6) is 5.75 Å². The average Bonchev–Trinajstić information content (AvgIpc) is 3.00. The summed E-state index contributed by atoms with van der Waals surface area (Å²) in [5.41, 5.74) is 3.30. The Bertz CT molecular complexity index is 816. The number of carbonyl (C=O) groups is 1. The summed E-state index contributed by atoms with van der Waals surface area (Å²) in [6, 6.07) is 13.9. The van der Waals surface area contributed by atoms with Gasteiger partial charge in [-0.15, -0.1) is 0 Å². The van der Waals surface area contributed by atoms with Crippen molar-refractivity contribution in [3.05, 3.63) is 64.2 Å². The lowest BCUT2D eigenvalue weighted by atomic mass is 10.0. The molecule has 1 N–H and O–H groups in total. The van der Waals surface area contributed by atoms with Gasteiger partial charge in [0.1, 0.15) is 5.75 Å². The van der Waals surface area contributed by atoms with Crippen LogP contribution in [-0.2, 0) is 4.79 Å². The lowest BCUT2D eigenvalue weighted by Gasteiger charge is -2.31. The molecule has 1 amide bonds. The van der Waals surface area contributed by atoms with Gasteiger partial charge in [0, 0.05) is 11.6 Å². The van der Waals surface area contributed by atoms with Gasteiger partial charge in [0.2, 0.25) is 0 Å². The topological polar surface area (TPSA) is 41.6 Å². The number of benzene rings is 2. The number of carbonyl (C=O) groups excluding carboxylic acids is 1. The highest BCUT2D eigenvalue weighted by Crippen LogP contribution is 2.29. The smallest absolute Gasteiger partial charge is 0.258 e. The molecular formula is C24H31ClN2O2. The quantitative estimate of drug-likeness (QED) is 0.687. The highest BCUT2D eigenvalue weighted by molar-refractivity contribution is 6.31. The van der Waals surface area contributed by atoms with Crippen molar-refractivity contribution < 1.29 is 9.53 Å². The molecular weight excluding hydrogens is 384 g/mol. The molecule has 1 fully saturated rings. The summed E-state index contributed by atoms with van der Waals surface area (Å²) in [5, 5.41) is 3.82. The van der Waals surface area contributed by atoms with E-state index in [1.807, 2.05) is 50.2 Å². The second kappa shape index (κ2) is 10.7. The van der Waals surface area contributed by atoms with E-state index in [-0.39, 0.29) is 18.6 Å². The second-order valence-corrected chi connectivity index (χ2v) is 8.19. The minimum absolute atomic E-state index is 0.0134. The van der Waals surface area contributed by atoms with Gasteiger partial charge in [-0.1, -0.05) is 54.8 Å². The fourth-order valence-corrected chi connectivity index (χ4v) is 4.13. The van der Waals surface area contributed by atoms with Crippen LogP contribution in [0.15, 0.2) is 42.5 Å². The van der Waals surface area contributed by atoms with Crippen molar-refractivity contribution in [1.82, 2.24) is 10.2 Å². The van der Waals surface area contributed by atoms with Gasteiger partial charge in [0.25, 0.3) is 5.91 Å². The first kappa shape index (κ1) is 21.7. The van der Waals surface area contributed by atoms with Crippen LogP contribution < -0.4 is 10.1 Å². The number of nitrogens with one attached hydrogen (secondary N) is 1. The molecule has 2 aromatic rings. The first-order valence-electron chi connectivity index (χ1n) is 10.5. The third kappa shape index (κ3) is 5.97. The molecule has 0 saturated carbocycles. The largest absolute Gasteiger partial charge is 0.483 e. The van der Waals surface area contributed by atoms with Crippen molar-refractivity contribution in [2.75, 3.05) is 26.2 Å². The van der Waals surface area contributed by atoms with Crippen molar-refractivity contribution in [2.24, 2.45) is 0 Å². The zero-order chi connectivity index (χ0) is 20.6. The van der Waals surface area contributed by atoms with Crippen LogP contribution in [0.2, 0.25) is 5.02 Å². The Labute approximate surface area is 179 Å². The van der Waals surface area contributed by atoms with Crippen molar-refractivity contribution in [3.63, 3.8) is 0 Å². The van der Waals surface area contributed by atoms with Crippen LogP contribution >= 0.6 is 11.6 Å². The second-order valence-electron chi connectivity index (χ2n) is 7.78. The van der Waals surface area contributed by atoms with Gasteiger partial charge in [0.15, 0.2) is 6.61 Å². The number of hydrogen-bond acceptors (Lipinski definition) is 3. The number of ether oxygens (including phenoxy) is 1. The Kier molecular flexibility index (Phi) is 7.96. The van der Waals surface area contributed by atoms with E-state index in [9.17, 15) is 4.79 Å². The van der Waals surface area contributed by atoms with Crippen LogP contribution in [-0.4, -0.2) is 37.0 Å². The molecule has 0 spiro atoms. The number of halogens is 1. The average molecular weight is 415 g/mol. The molecule has 1 heterocycles. The predicted molar refractivity (Wildman–Crippen MR) is 119 cm³/mol. The number of nitrogens with zero attached hydrogens (tertiary/aromatic N) is 1. The van der Waals surface area contributed by atoms with E-state index in [1.165, 1.54) is 25.7 Å². The molecule has 3 rings (SSSR count). The van der Waals surface area contributed by atoms with Crippen molar-refractivity contribution in [1.29, 1.82) is 0 Å². The molecule has 29 heavy (non-hydrogen) atoms. The molecule has 0 bridgehead atoms. The van der Waals surface area contributed by atoms with Gasteiger partial charge in [0.05, 0.1) is 6.04 Å². The molecule has 0 aromatic heterocycles. The van der Waals surface area contributed by atoms with Crippen molar-refractivity contribution in [3.8, 4) is 5.75 Å². The summed E-state index contributed by atoms with van der Waals surface area (Å²) >= 11 is 6.50. The molecule has 156 valence electrons.